The highest BCUT2D eigenvalue weighted by Gasteiger charge is 2.18. The Kier molecular flexibility index (Phi) is 4.96. The number of aryl methyl sites for hydroxylation is 2. The molecule has 0 atom stereocenters. The van der Waals surface area contributed by atoms with Crippen molar-refractivity contribution < 1.29 is 18.9 Å². The van der Waals surface area contributed by atoms with Crippen molar-refractivity contribution in [1.82, 2.24) is 0 Å². The monoisotopic (exact) mass is 387 g/mol. The first kappa shape index (κ1) is 18.6. The highest BCUT2D eigenvalue weighted by molar-refractivity contribution is 6.33. The van der Waals surface area contributed by atoms with Gasteiger partial charge in [-0.1, -0.05) is 23.7 Å². The Bertz CT molecular complexity index is 1130. The van der Waals surface area contributed by atoms with Crippen LogP contribution < -0.4 is 5.63 Å². The summed E-state index contributed by atoms with van der Waals surface area (Å²) in [6.45, 7) is 3.52. The number of carbonyl (C=O) groups is 1. The van der Waals surface area contributed by atoms with Crippen molar-refractivity contribution in [3.63, 3.8) is 0 Å². The molecule has 7 nitrogen and oxygen atoms in total. The van der Waals surface area contributed by atoms with Crippen LogP contribution in [0.4, 0.5) is 5.69 Å². The molecule has 0 saturated carbocycles. The van der Waals surface area contributed by atoms with Gasteiger partial charge in [-0.05, 0) is 31.0 Å². The Labute approximate surface area is 158 Å². The molecule has 138 valence electrons. The van der Waals surface area contributed by atoms with E-state index >= 15 is 0 Å². The van der Waals surface area contributed by atoms with Gasteiger partial charge in [0.2, 0.25) is 0 Å². The molecule has 0 unspecified atom stereocenters. The van der Waals surface area contributed by atoms with Crippen LogP contribution in [0.1, 0.15) is 27.0 Å². The van der Waals surface area contributed by atoms with Crippen molar-refractivity contribution in [2.45, 2.75) is 20.5 Å². The molecule has 0 radical (unpaired) electrons. The van der Waals surface area contributed by atoms with Crippen LogP contribution >= 0.6 is 11.6 Å². The first-order valence-electron chi connectivity index (χ1n) is 7.92. The minimum atomic E-state index is -0.825. The van der Waals surface area contributed by atoms with E-state index in [1.807, 2.05) is 19.9 Å². The van der Waals surface area contributed by atoms with Gasteiger partial charge in [-0.2, -0.15) is 0 Å². The molecule has 0 bridgehead atoms. The first-order chi connectivity index (χ1) is 12.8. The highest BCUT2D eigenvalue weighted by atomic mass is 35.5. The molecule has 2 aromatic carbocycles. The lowest BCUT2D eigenvalue weighted by Gasteiger charge is -2.10. The number of benzene rings is 2. The third kappa shape index (κ3) is 3.68. The summed E-state index contributed by atoms with van der Waals surface area (Å²) in [6, 6.07) is 8.41. The molecule has 3 rings (SSSR count). The average Bonchev–Trinajstić information content (AvgIpc) is 2.63. The Balaban J connectivity index is 1.93. The second kappa shape index (κ2) is 7.20. The number of carbonyl (C=O) groups excluding carboxylic acids is 1. The quantitative estimate of drug-likeness (QED) is 0.286. The summed E-state index contributed by atoms with van der Waals surface area (Å²) in [5, 5.41) is 11.6. The number of hydrogen-bond donors (Lipinski definition) is 0. The molecule has 0 fully saturated rings. The number of esters is 1. The van der Waals surface area contributed by atoms with E-state index in [1.54, 1.807) is 6.07 Å². The van der Waals surface area contributed by atoms with Crippen LogP contribution in [0.2, 0.25) is 5.02 Å². The smallest absolute Gasteiger partial charge is 0.340 e. The second-order valence-electron chi connectivity index (χ2n) is 5.97. The summed E-state index contributed by atoms with van der Waals surface area (Å²) in [7, 11) is 0. The maximum atomic E-state index is 12.3. The average molecular weight is 388 g/mol. The van der Waals surface area contributed by atoms with Crippen LogP contribution in [-0.2, 0) is 11.3 Å². The Morgan fingerprint density at radius 2 is 1.96 bits per heavy atom. The minimum Gasteiger partial charge on any atom is -0.457 e. The molecule has 0 spiro atoms. The lowest BCUT2D eigenvalue weighted by atomic mass is 10.0. The Morgan fingerprint density at radius 3 is 2.67 bits per heavy atom. The number of hydrogen-bond acceptors (Lipinski definition) is 6. The number of halogens is 1. The SMILES string of the molecule is Cc1ccc2c(COC(=O)c3cc([N+](=O)[O-])ccc3Cl)cc(=O)oc2c1C. The fraction of sp³-hybridized carbons (Fsp3) is 0.158. The van der Waals surface area contributed by atoms with Crippen molar-refractivity contribution in [3.8, 4) is 0 Å². The molecule has 3 aromatic rings. The zero-order valence-corrected chi connectivity index (χ0v) is 15.2. The van der Waals surface area contributed by atoms with Gasteiger partial charge in [-0.25, -0.2) is 9.59 Å². The molecule has 8 heteroatoms. The van der Waals surface area contributed by atoms with Crippen LogP contribution in [0, 0.1) is 24.0 Å². The van der Waals surface area contributed by atoms with Gasteiger partial charge in [0, 0.05) is 29.1 Å². The number of nitro groups is 1. The predicted octanol–water partition coefficient (Wildman–Crippen LogP) is 4.33. The van der Waals surface area contributed by atoms with Gasteiger partial charge < -0.3 is 9.15 Å². The normalized spacial score (nSPS) is 10.8. The van der Waals surface area contributed by atoms with Gasteiger partial charge in [0.1, 0.15) is 12.2 Å². The summed E-state index contributed by atoms with van der Waals surface area (Å²) in [4.78, 5) is 34.4. The van der Waals surface area contributed by atoms with E-state index in [2.05, 4.69) is 0 Å². The van der Waals surface area contributed by atoms with E-state index in [-0.39, 0.29) is 22.9 Å². The molecule has 1 heterocycles. The van der Waals surface area contributed by atoms with Crippen molar-refractivity contribution in [3.05, 3.63) is 84.2 Å². The zero-order valence-electron chi connectivity index (χ0n) is 14.4. The maximum Gasteiger partial charge on any atom is 0.340 e. The lowest BCUT2D eigenvalue weighted by Crippen LogP contribution is -2.09. The number of nitro benzene ring substituents is 1. The van der Waals surface area contributed by atoms with Crippen molar-refractivity contribution in [2.24, 2.45) is 0 Å². The number of rotatable bonds is 4. The summed E-state index contributed by atoms with van der Waals surface area (Å²) < 4.78 is 10.5. The number of ether oxygens (including phenoxy) is 1. The Hall–Kier alpha value is -3.19. The Morgan fingerprint density at radius 1 is 1.22 bits per heavy atom. The molecule has 0 N–H and O–H groups in total. The number of nitrogens with zero attached hydrogens (tertiary/aromatic N) is 1. The third-order valence-corrected chi connectivity index (χ3v) is 4.59. The van der Waals surface area contributed by atoms with Gasteiger partial charge in [-0.15, -0.1) is 0 Å². The largest absolute Gasteiger partial charge is 0.457 e. The minimum absolute atomic E-state index is 0.0366. The van der Waals surface area contributed by atoms with Gasteiger partial charge in [0.15, 0.2) is 0 Å². The summed E-state index contributed by atoms with van der Waals surface area (Å²) >= 11 is 5.95. The molecule has 0 aliphatic carbocycles. The number of fused-ring (bicyclic) bond motifs is 1. The van der Waals surface area contributed by atoms with Crippen LogP contribution in [0.5, 0.6) is 0 Å². The van der Waals surface area contributed by atoms with Gasteiger partial charge >= 0.3 is 11.6 Å². The summed E-state index contributed by atoms with van der Waals surface area (Å²) in [6.07, 6.45) is 0. The van der Waals surface area contributed by atoms with E-state index in [4.69, 9.17) is 20.8 Å². The fourth-order valence-electron chi connectivity index (χ4n) is 2.65. The van der Waals surface area contributed by atoms with E-state index < -0.39 is 16.5 Å². The zero-order chi connectivity index (χ0) is 19.7. The molecule has 0 aliphatic rings. The fourth-order valence-corrected chi connectivity index (χ4v) is 2.84. The van der Waals surface area contributed by atoms with E-state index in [0.717, 1.165) is 17.2 Å². The highest BCUT2D eigenvalue weighted by Crippen LogP contribution is 2.26. The van der Waals surface area contributed by atoms with Crippen LogP contribution in [0.15, 0.2) is 45.6 Å². The van der Waals surface area contributed by atoms with Crippen LogP contribution in [-0.4, -0.2) is 10.9 Å². The van der Waals surface area contributed by atoms with Crippen molar-refractivity contribution in [2.75, 3.05) is 0 Å². The molecule has 0 aliphatic heterocycles. The summed E-state index contributed by atoms with van der Waals surface area (Å²) in [5.74, 6) is -0.825. The second-order valence-corrected chi connectivity index (χ2v) is 6.38. The van der Waals surface area contributed by atoms with Crippen molar-refractivity contribution >= 4 is 34.2 Å². The third-order valence-electron chi connectivity index (χ3n) is 4.26. The molecule has 0 amide bonds. The van der Waals surface area contributed by atoms with E-state index in [1.165, 1.54) is 18.2 Å². The first-order valence-corrected chi connectivity index (χ1v) is 8.29. The van der Waals surface area contributed by atoms with E-state index in [0.29, 0.717) is 16.5 Å². The van der Waals surface area contributed by atoms with Gasteiger partial charge in [0.05, 0.1) is 15.5 Å². The molecular formula is C19H14ClNO6. The van der Waals surface area contributed by atoms with Gasteiger partial charge in [0.25, 0.3) is 5.69 Å². The predicted molar refractivity (Wildman–Crippen MR) is 99.2 cm³/mol. The van der Waals surface area contributed by atoms with E-state index in [9.17, 15) is 19.7 Å². The van der Waals surface area contributed by atoms with Crippen LogP contribution in [0.25, 0.3) is 11.0 Å². The maximum absolute atomic E-state index is 12.3. The molecule has 0 saturated heterocycles. The van der Waals surface area contributed by atoms with Crippen molar-refractivity contribution in [1.29, 1.82) is 0 Å². The molecule has 27 heavy (non-hydrogen) atoms. The van der Waals surface area contributed by atoms with Crippen LogP contribution in [0.3, 0.4) is 0 Å². The molecule has 1 aromatic heterocycles. The standard InChI is InChI=1S/C19H14ClNO6/c1-10-3-5-14-12(7-17(22)27-18(14)11(10)2)9-26-19(23)15-8-13(21(24)25)4-6-16(15)20/h3-8H,9H2,1-2H3. The summed E-state index contributed by atoms with van der Waals surface area (Å²) in [5.41, 5.74) is 1.73. The topological polar surface area (TPSA) is 99.6 Å². The van der Waals surface area contributed by atoms with Gasteiger partial charge in [-0.3, -0.25) is 10.1 Å². The number of non-ortho nitro benzene ring substituents is 1. The lowest BCUT2D eigenvalue weighted by molar-refractivity contribution is -0.384. The molecular weight excluding hydrogens is 374 g/mol.